The molecule has 0 radical (unpaired) electrons. The van der Waals surface area contributed by atoms with Gasteiger partial charge in [-0.3, -0.25) is 4.79 Å². The Balaban J connectivity index is 2.26. The first-order chi connectivity index (χ1) is 9.34. The number of halogens is 1. The third-order valence-corrected chi connectivity index (χ3v) is 4.47. The average molecular weight is 296 g/mol. The van der Waals surface area contributed by atoms with Gasteiger partial charge in [-0.1, -0.05) is 18.0 Å². The Hall–Kier alpha value is -1.26. The number of hydrogen-bond donors (Lipinski definition) is 2. The molecular formula is C15H22ClN3O. The predicted molar refractivity (Wildman–Crippen MR) is 84.3 cm³/mol. The van der Waals surface area contributed by atoms with E-state index < -0.39 is 5.41 Å². The lowest BCUT2D eigenvalue weighted by Crippen LogP contribution is -2.44. The Bertz CT molecular complexity index is 518. The highest BCUT2D eigenvalue weighted by molar-refractivity contribution is 6.31. The molecule has 1 fully saturated rings. The Morgan fingerprint density at radius 1 is 1.50 bits per heavy atom. The molecule has 2 unspecified atom stereocenters. The molecule has 1 amide bonds. The number of nitrogens with two attached hydrogens (primary N) is 1. The molecule has 110 valence electrons. The maximum Gasteiger partial charge on any atom is 0.231 e. The van der Waals surface area contributed by atoms with Crippen molar-refractivity contribution in [3.05, 3.63) is 23.2 Å². The maximum absolute atomic E-state index is 12.6. The molecule has 5 heteroatoms. The van der Waals surface area contributed by atoms with Gasteiger partial charge in [0, 0.05) is 25.2 Å². The molecular weight excluding hydrogens is 274 g/mol. The molecule has 0 aromatic heterocycles. The van der Waals surface area contributed by atoms with Gasteiger partial charge in [-0.25, -0.2) is 0 Å². The van der Waals surface area contributed by atoms with Crippen LogP contribution in [-0.4, -0.2) is 26.0 Å². The molecule has 1 aliphatic carbocycles. The van der Waals surface area contributed by atoms with Gasteiger partial charge in [-0.2, -0.15) is 0 Å². The Kier molecular flexibility index (Phi) is 4.25. The minimum atomic E-state index is -0.494. The molecule has 0 bridgehead atoms. The monoisotopic (exact) mass is 295 g/mol. The quantitative estimate of drug-likeness (QED) is 0.901. The summed E-state index contributed by atoms with van der Waals surface area (Å²) in [5.41, 5.74) is 7.26. The van der Waals surface area contributed by atoms with Crippen molar-refractivity contribution in [2.24, 2.45) is 11.1 Å². The molecule has 1 aromatic carbocycles. The molecule has 1 aromatic rings. The zero-order valence-corrected chi connectivity index (χ0v) is 13.0. The fourth-order valence-corrected chi connectivity index (χ4v) is 2.91. The molecule has 0 heterocycles. The van der Waals surface area contributed by atoms with Crippen molar-refractivity contribution >= 4 is 28.9 Å². The van der Waals surface area contributed by atoms with Crippen LogP contribution in [0.1, 0.15) is 26.2 Å². The SMILES string of the molecule is CN(C)c1ccc(Cl)cc1NC(=O)C1(C)CCCC1N. The Morgan fingerprint density at radius 3 is 2.75 bits per heavy atom. The number of carbonyl (C=O) groups excluding carboxylic acids is 1. The standard InChI is InChI=1S/C15H22ClN3O/c1-15(8-4-5-13(15)17)14(20)18-11-9-10(16)6-7-12(11)19(2)3/h6-7,9,13H,4-5,8,17H2,1-3H3,(H,18,20). The van der Waals surface area contributed by atoms with E-state index in [1.165, 1.54) is 0 Å². The fraction of sp³-hybridized carbons (Fsp3) is 0.533. The third-order valence-electron chi connectivity index (χ3n) is 4.24. The first-order valence-electron chi connectivity index (χ1n) is 6.88. The van der Waals surface area contributed by atoms with Crippen LogP contribution in [0.5, 0.6) is 0 Å². The van der Waals surface area contributed by atoms with Crippen LogP contribution in [0.15, 0.2) is 18.2 Å². The van der Waals surface area contributed by atoms with Crippen molar-refractivity contribution in [2.45, 2.75) is 32.2 Å². The summed E-state index contributed by atoms with van der Waals surface area (Å²) in [6.07, 6.45) is 2.74. The van der Waals surface area contributed by atoms with Crippen LogP contribution in [0.4, 0.5) is 11.4 Å². The van der Waals surface area contributed by atoms with Gasteiger partial charge in [0.1, 0.15) is 0 Å². The average Bonchev–Trinajstić information content (AvgIpc) is 2.70. The van der Waals surface area contributed by atoms with Crippen LogP contribution >= 0.6 is 11.6 Å². The summed E-state index contributed by atoms with van der Waals surface area (Å²) in [7, 11) is 3.86. The van der Waals surface area contributed by atoms with Crippen LogP contribution in [0.25, 0.3) is 0 Å². The number of benzene rings is 1. The highest BCUT2D eigenvalue weighted by Crippen LogP contribution is 2.38. The molecule has 0 aliphatic heterocycles. The van der Waals surface area contributed by atoms with Gasteiger partial charge in [0.25, 0.3) is 0 Å². The third kappa shape index (κ3) is 2.76. The normalized spacial score (nSPS) is 25.6. The summed E-state index contributed by atoms with van der Waals surface area (Å²) in [4.78, 5) is 14.5. The first kappa shape index (κ1) is 15.1. The molecule has 2 atom stereocenters. The largest absolute Gasteiger partial charge is 0.376 e. The van der Waals surface area contributed by atoms with Gasteiger partial charge < -0.3 is 16.0 Å². The Labute approximate surface area is 125 Å². The van der Waals surface area contributed by atoms with E-state index in [1.807, 2.05) is 38.1 Å². The summed E-state index contributed by atoms with van der Waals surface area (Å²) in [5.74, 6) is -0.0205. The summed E-state index contributed by atoms with van der Waals surface area (Å²) in [5, 5.41) is 3.60. The summed E-state index contributed by atoms with van der Waals surface area (Å²) in [6, 6.07) is 5.41. The smallest absolute Gasteiger partial charge is 0.231 e. The molecule has 3 N–H and O–H groups in total. The van der Waals surface area contributed by atoms with Gasteiger partial charge in [0.05, 0.1) is 16.8 Å². The number of amides is 1. The minimum Gasteiger partial charge on any atom is -0.376 e. The van der Waals surface area contributed by atoms with Crippen molar-refractivity contribution in [1.82, 2.24) is 0 Å². The van der Waals surface area contributed by atoms with Crippen molar-refractivity contribution in [1.29, 1.82) is 0 Å². The molecule has 0 spiro atoms. The second-order valence-corrected chi connectivity index (χ2v) is 6.36. The summed E-state index contributed by atoms with van der Waals surface area (Å²) < 4.78 is 0. The molecule has 4 nitrogen and oxygen atoms in total. The first-order valence-corrected chi connectivity index (χ1v) is 7.26. The summed E-state index contributed by atoms with van der Waals surface area (Å²) >= 11 is 6.03. The lowest BCUT2D eigenvalue weighted by Gasteiger charge is -2.28. The van der Waals surface area contributed by atoms with Crippen LogP contribution in [-0.2, 0) is 4.79 Å². The van der Waals surface area contributed by atoms with E-state index in [0.29, 0.717) is 5.02 Å². The zero-order valence-electron chi connectivity index (χ0n) is 12.2. The highest BCUT2D eigenvalue weighted by atomic mass is 35.5. The second-order valence-electron chi connectivity index (χ2n) is 5.93. The zero-order chi connectivity index (χ0) is 14.9. The van der Waals surface area contributed by atoms with Crippen LogP contribution in [0, 0.1) is 5.41 Å². The lowest BCUT2D eigenvalue weighted by atomic mass is 9.84. The topological polar surface area (TPSA) is 58.4 Å². The molecule has 0 saturated heterocycles. The van der Waals surface area contributed by atoms with Gasteiger partial charge in [0.2, 0.25) is 5.91 Å². The number of carbonyl (C=O) groups is 1. The number of rotatable bonds is 3. The van der Waals surface area contributed by atoms with Crippen molar-refractivity contribution in [3.63, 3.8) is 0 Å². The second kappa shape index (κ2) is 5.62. The fourth-order valence-electron chi connectivity index (χ4n) is 2.74. The lowest BCUT2D eigenvalue weighted by molar-refractivity contribution is -0.125. The molecule has 20 heavy (non-hydrogen) atoms. The maximum atomic E-state index is 12.6. The summed E-state index contributed by atoms with van der Waals surface area (Å²) in [6.45, 7) is 1.94. The van der Waals surface area contributed by atoms with Gasteiger partial charge >= 0.3 is 0 Å². The predicted octanol–water partition coefficient (Wildman–Crippen LogP) is 2.86. The van der Waals surface area contributed by atoms with E-state index in [0.717, 1.165) is 30.6 Å². The van der Waals surface area contributed by atoms with E-state index in [9.17, 15) is 4.79 Å². The van der Waals surface area contributed by atoms with Crippen LogP contribution < -0.4 is 16.0 Å². The molecule has 1 saturated carbocycles. The van der Waals surface area contributed by atoms with Gasteiger partial charge in [0.15, 0.2) is 0 Å². The van der Waals surface area contributed by atoms with Crippen molar-refractivity contribution in [3.8, 4) is 0 Å². The van der Waals surface area contributed by atoms with E-state index in [4.69, 9.17) is 17.3 Å². The highest BCUT2D eigenvalue weighted by Gasteiger charge is 2.43. The van der Waals surface area contributed by atoms with E-state index >= 15 is 0 Å². The van der Waals surface area contributed by atoms with Gasteiger partial charge in [-0.15, -0.1) is 0 Å². The van der Waals surface area contributed by atoms with Crippen molar-refractivity contribution < 1.29 is 4.79 Å². The van der Waals surface area contributed by atoms with Gasteiger partial charge in [-0.05, 0) is 38.0 Å². The van der Waals surface area contributed by atoms with E-state index in [1.54, 1.807) is 6.07 Å². The van der Waals surface area contributed by atoms with Crippen LogP contribution in [0.2, 0.25) is 5.02 Å². The molecule has 1 aliphatic rings. The minimum absolute atomic E-state index is 0.0205. The number of hydrogen-bond acceptors (Lipinski definition) is 3. The number of nitrogens with one attached hydrogen (secondary N) is 1. The van der Waals surface area contributed by atoms with E-state index in [-0.39, 0.29) is 11.9 Å². The number of nitrogens with zero attached hydrogens (tertiary/aromatic N) is 1. The molecule has 2 rings (SSSR count). The van der Waals surface area contributed by atoms with E-state index in [2.05, 4.69) is 5.32 Å². The Morgan fingerprint density at radius 2 is 2.20 bits per heavy atom. The van der Waals surface area contributed by atoms with Crippen molar-refractivity contribution in [2.75, 3.05) is 24.3 Å². The number of anilines is 2. The van der Waals surface area contributed by atoms with Crippen LogP contribution in [0.3, 0.4) is 0 Å².